The van der Waals surface area contributed by atoms with Crippen molar-refractivity contribution in [2.45, 2.75) is 25.7 Å². The molecule has 0 radical (unpaired) electrons. The molecule has 1 amide bonds. The molecule has 2 nitrogen and oxygen atoms in total. The zero-order valence-electron chi connectivity index (χ0n) is 12.8. The zero-order chi connectivity index (χ0) is 15.2. The van der Waals surface area contributed by atoms with Crippen molar-refractivity contribution in [2.75, 3.05) is 12.3 Å². The molecule has 2 rings (SSSR count). The molecule has 0 saturated carbocycles. The molecule has 0 aliphatic rings. The van der Waals surface area contributed by atoms with Gasteiger partial charge in [0.1, 0.15) is 0 Å². The average Bonchev–Trinajstić information content (AvgIpc) is 2.44. The van der Waals surface area contributed by atoms with E-state index in [1.165, 1.54) is 10.5 Å². The first-order valence-electron chi connectivity index (χ1n) is 7.10. The van der Waals surface area contributed by atoms with Gasteiger partial charge in [-0.3, -0.25) is 4.79 Å². The Morgan fingerprint density at radius 3 is 2.19 bits per heavy atom. The third-order valence-electron chi connectivity index (χ3n) is 3.16. The molecule has 1 N–H and O–H groups in total. The molecule has 21 heavy (non-hydrogen) atoms. The molecule has 0 bridgehead atoms. The van der Waals surface area contributed by atoms with Crippen LogP contribution in [-0.2, 0) is 0 Å². The van der Waals surface area contributed by atoms with Crippen LogP contribution in [0.15, 0.2) is 47.4 Å². The maximum atomic E-state index is 12.1. The number of aryl methyl sites for hydroxylation is 3. The molecule has 0 unspecified atom stereocenters. The quantitative estimate of drug-likeness (QED) is 0.664. The van der Waals surface area contributed by atoms with Gasteiger partial charge in [-0.2, -0.15) is 0 Å². The van der Waals surface area contributed by atoms with Crippen molar-refractivity contribution in [3.05, 3.63) is 64.7 Å². The summed E-state index contributed by atoms with van der Waals surface area (Å²) in [4.78, 5) is 13.3. The second kappa shape index (κ2) is 7.32. The highest BCUT2D eigenvalue weighted by atomic mass is 32.2. The first kappa shape index (κ1) is 15.6. The Bertz CT molecular complexity index is 599. The number of carbonyl (C=O) groups is 1. The lowest BCUT2D eigenvalue weighted by molar-refractivity contribution is 0.0956. The number of carbonyl (C=O) groups excluding carboxylic acids is 1. The van der Waals surface area contributed by atoms with Crippen LogP contribution in [0.5, 0.6) is 0 Å². The minimum atomic E-state index is 0.00584. The van der Waals surface area contributed by atoms with Gasteiger partial charge in [0, 0.05) is 22.8 Å². The largest absolute Gasteiger partial charge is 0.351 e. The van der Waals surface area contributed by atoms with E-state index in [-0.39, 0.29) is 5.91 Å². The summed E-state index contributed by atoms with van der Waals surface area (Å²) in [6.07, 6.45) is 0. The number of amides is 1. The monoisotopic (exact) mass is 299 g/mol. The van der Waals surface area contributed by atoms with E-state index in [9.17, 15) is 4.79 Å². The van der Waals surface area contributed by atoms with Crippen molar-refractivity contribution in [1.82, 2.24) is 5.32 Å². The SMILES string of the molecule is Cc1ccc(SCCNC(=O)c2cc(C)cc(C)c2)cc1. The summed E-state index contributed by atoms with van der Waals surface area (Å²) in [6.45, 7) is 6.77. The highest BCUT2D eigenvalue weighted by Gasteiger charge is 2.05. The maximum Gasteiger partial charge on any atom is 0.251 e. The summed E-state index contributed by atoms with van der Waals surface area (Å²) in [5, 5.41) is 2.98. The Morgan fingerprint density at radius 1 is 0.952 bits per heavy atom. The van der Waals surface area contributed by atoms with Gasteiger partial charge in [0.05, 0.1) is 0 Å². The minimum absolute atomic E-state index is 0.00584. The second-order valence-electron chi connectivity index (χ2n) is 5.29. The molecule has 0 atom stereocenters. The second-order valence-corrected chi connectivity index (χ2v) is 6.46. The lowest BCUT2D eigenvalue weighted by Gasteiger charge is -2.07. The van der Waals surface area contributed by atoms with Crippen LogP contribution < -0.4 is 5.32 Å². The van der Waals surface area contributed by atoms with Crippen molar-refractivity contribution in [2.24, 2.45) is 0 Å². The number of nitrogens with one attached hydrogen (secondary N) is 1. The van der Waals surface area contributed by atoms with Crippen LogP contribution in [0.25, 0.3) is 0 Å². The van der Waals surface area contributed by atoms with Crippen molar-refractivity contribution in [1.29, 1.82) is 0 Å². The van der Waals surface area contributed by atoms with Crippen LogP contribution in [0.4, 0.5) is 0 Å². The Morgan fingerprint density at radius 2 is 1.57 bits per heavy atom. The molecule has 0 heterocycles. The third kappa shape index (κ3) is 4.94. The first-order chi connectivity index (χ1) is 10.0. The summed E-state index contributed by atoms with van der Waals surface area (Å²) in [5.74, 6) is 0.880. The molecule has 0 saturated heterocycles. The van der Waals surface area contributed by atoms with Gasteiger partial charge in [-0.25, -0.2) is 0 Å². The number of hydrogen-bond donors (Lipinski definition) is 1. The molecule has 0 aromatic heterocycles. The predicted octanol–water partition coefficient (Wildman–Crippen LogP) is 4.13. The third-order valence-corrected chi connectivity index (χ3v) is 4.17. The molecule has 3 heteroatoms. The Balaban J connectivity index is 1.80. The summed E-state index contributed by atoms with van der Waals surface area (Å²) < 4.78 is 0. The van der Waals surface area contributed by atoms with E-state index in [1.807, 2.05) is 26.0 Å². The van der Waals surface area contributed by atoms with Gasteiger partial charge in [0.15, 0.2) is 0 Å². The first-order valence-corrected chi connectivity index (χ1v) is 8.09. The fourth-order valence-electron chi connectivity index (χ4n) is 2.18. The molecule has 2 aromatic rings. The van der Waals surface area contributed by atoms with Crippen LogP contribution in [0.3, 0.4) is 0 Å². The van der Waals surface area contributed by atoms with Crippen molar-refractivity contribution in [3.63, 3.8) is 0 Å². The number of benzene rings is 2. The fourth-order valence-corrected chi connectivity index (χ4v) is 2.94. The van der Waals surface area contributed by atoms with Gasteiger partial charge < -0.3 is 5.32 Å². The van der Waals surface area contributed by atoms with Gasteiger partial charge in [-0.05, 0) is 45.0 Å². The van der Waals surface area contributed by atoms with E-state index in [2.05, 4.69) is 42.6 Å². The van der Waals surface area contributed by atoms with E-state index in [0.717, 1.165) is 22.4 Å². The highest BCUT2D eigenvalue weighted by molar-refractivity contribution is 7.99. The van der Waals surface area contributed by atoms with E-state index in [1.54, 1.807) is 11.8 Å². The van der Waals surface area contributed by atoms with E-state index >= 15 is 0 Å². The fraction of sp³-hybridized carbons (Fsp3) is 0.278. The Hall–Kier alpha value is -1.74. The van der Waals surface area contributed by atoms with Gasteiger partial charge in [0.25, 0.3) is 5.91 Å². The molecular formula is C18H21NOS. The Kier molecular flexibility index (Phi) is 5.45. The summed E-state index contributed by atoms with van der Waals surface area (Å²) >= 11 is 1.76. The van der Waals surface area contributed by atoms with Gasteiger partial charge >= 0.3 is 0 Å². The van der Waals surface area contributed by atoms with Gasteiger partial charge in [-0.15, -0.1) is 11.8 Å². The molecule has 0 aliphatic carbocycles. The summed E-state index contributed by atoms with van der Waals surface area (Å²) in [6, 6.07) is 14.4. The standard InChI is InChI=1S/C18H21NOS/c1-13-4-6-17(7-5-13)21-9-8-19-18(20)16-11-14(2)10-15(3)12-16/h4-7,10-12H,8-9H2,1-3H3,(H,19,20). The molecule has 0 fully saturated rings. The minimum Gasteiger partial charge on any atom is -0.351 e. The smallest absolute Gasteiger partial charge is 0.251 e. The Labute approximate surface area is 131 Å². The molecule has 0 spiro atoms. The van der Waals surface area contributed by atoms with Gasteiger partial charge in [0.2, 0.25) is 0 Å². The van der Waals surface area contributed by atoms with Crippen LogP contribution in [0.2, 0.25) is 0 Å². The molecule has 0 aliphatic heterocycles. The number of hydrogen-bond acceptors (Lipinski definition) is 2. The summed E-state index contributed by atoms with van der Waals surface area (Å²) in [7, 11) is 0. The van der Waals surface area contributed by atoms with E-state index < -0.39 is 0 Å². The van der Waals surface area contributed by atoms with Crippen LogP contribution in [0.1, 0.15) is 27.0 Å². The van der Waals surface area contributed by atoms with Crippen LogP contribution in [0, 0.1) is 20.8 Å². The van der Waals surface area contributed by atoms with Crippen LogP contribution >= 0.6 is 11.8 Å². The lowest BCUT2D eigenvalue weighted by Crippen LogP contribution is -2.25. The molecule has 110 valence electrons. The molecular weight excluding hydrogens is 278 g/mol. The number of thioether (sulfide) groups is 1. The van der Waals surface area contributed by atoms with Crippen molar-refractivity contribution >= 4 is 17.7 Å². The summed E-state index contributed by atoms with van der Waals surface area (Å²) in [5.41, 5.74) is 4.25. The van der Waals surface area contributed by atoms with E-state index in [0.29, 0.717) is 6.54 Å². The van der Waals surface area contributed by atoms with Gasteiger partial charge in [-0.1, -0.05) is 34.9 Å². The topological polar surface area (TPSA) is 29.1 Å². The lowest BCUT2D eigenvalue weighted by atomic mass is 10.1. The van der Waals surface area contributed by atoms with Crippen molar-refractivity contribution in [3.8, 4) is 0 Å². The normalized spacial score (nSPS) is 10.4. The number of rotatable bonds is 5. The van der Waals surface area contributed by atoms with Crippen LogP contribution in [-0.4, -0.2) is 18.2 Å². The molecule has 2 aromatic carbocycles. The average molecular weight is 299 g/mol. The predicted molar refractivity (Wildman–Crippen MR) is 90.2 cm³/mol. The maximum absolute atomic E-state index is 12.1. The zero-order valence-corrected chi connectivity index (χ0v) is 13.6. The highest BCUT2D eigenvalue weighted by Crippen LogP contribution is 2.17. The van der Waals surface area contributed by atoms with E-state index in [4.69, 9.17) is 0 Å². The van der Waals surface area contributed by atoms with Crippen molar-refractivity contribution < 1.29 is 4.79 Å².